The minimum absolute atomic E-state index is 0.129. The molecule has 0 heterocycles. The molecule has 5 heteroatoms. The molecule has 2 aromatic rings. The Morgan fingerprint density at radius 1 is 1.00 bits per heavy atom. The van der Waals surface area contributed by atoms with Crippen LogP contribution in [0.3, 0.4) is 0 Å². The van der Waals surface area contributed by atoms with Crippen molar-refractivity contribution in [2.75, 3.05) is 5.32 Å². The van der Waals surface area contributed by atoms with Crippen molar-refractivity contribution in [3.63, 3.8) is 0 Å². The average molecular weight is 323 g/mol. The molecule has 24 heavy (non-hydrogen) atoms. The Morgan fingerprint density at radius 2 is 1.75 bits per heavy atom. The Labute approximate surface area is 141 Å². The monoisotopic (exact) mass is 323 g/mol. The lowest BCUT2D eigenvalue weighted by Crippen LogP contribution is -2.19. The largest absolute Gasteiger partial charge is 0.326 e. The first-order valence-electron chi connectivity index (χ1n) is 7.79. The number of carbonyl (C=O) groups is 2. The van der Waals surface area contributed by atoms with Gasteiger partial charge in [0.1, 0.15) is 0 Å². The van der Waals surface area contributed by atoms with Crippen LogP contribution in [-0.4, -0.2) is 17.5 Å². The van der Waals surface area contributed by atoms with Gasteiger partial charge in [-0.3, -0.25) is 9.59 Å². The Morgan fingerprint density at radius 3 is 2.46 bits per heavy atom. The summed E-state index contributed by atoms with van der Waals surface area (Å²) in [6, 6.07) is 17.2. The van der Waals surface area contributed by atoms with Crippen LogP contribution in [0.2, 0.25) is 0 Å². The Kier molecular flexibility index (Phi) is 6.25. The fourth-order valence-electron chi connectivity index (χ4n) is 2.19. The topological polar surface area (TPSA) is 70.6 Å². The molecule has 0 bridgehead atoms. The SMILES string of the molecule is CC(=O)Nc1cccc(/C(C)=N\NC(=O)CCc2ccccc2)c1. The van der Waals surface area contributed by atoms with Gasteiger partial charge in [-0.15, -0.1) is 0 Å². The average Bonchev–Trinajstić information content (AvgIpc) is 2.58. The van der Waals surface area contributed by atoms with Crippen LogP contribution in [0.4, 0.5) is 5.69 Å². The van der Waals surface area contributed by atoms with Crippen molar-refractivity contribution in [2.24, 2.45) is 5.10 Å². The molecule has 5 nitrogen and oxygen atoms in total. The van der Waals surface area contributed by atoms with Gasteiger partial charge in [-0.05, 0) is 36.6 Å². The van der Waals surface area contributed by atoms with Crippen LogP contribution in [0.1, 0.15) is 31.4 Å². The summed E-state index contributed by atoms with van der Waals surface area (Å²) in [7, 11) is 0. The number of aryl methyl sites for hydroxylation is 1. The Bertz CT molecular complexity index is 739. The molecule has 2 N–H and O–H groups in total. The predicted molar refractivity (Wildman–Crippen MR) is 95.9 cm³/mol. The predicted octanol–water partition coefficient (Wildman–Crippen LogP) is 3.12. The van der Waals surface area contributed by atoms with Crippen LogP contribution in [-0.2, 0) is 16.0 Å². The number of amides is 2. The molecule has 2 rings (SSSR count). The van der Waals surface area contributed by atoms with Gasteiger partial charge in [0.15, 0.2) is 0 Å². The quantitative estimate of drug-likeness (QED) is 0.633. The first-order chi connectivity index (χ1) is 11.5. The van der Waals surface area contributed by atoms with Crippen LogP contribution in [0.5, 0.6) is 0 Å². The van der Waals surface area contributed by atoms with E-state index < -0.39 is 0 Å². The number of hydrogen-bond acceptors (Lipinski definition) is 3. The maximum atomic E-state index is 11.9. The molecule has 0 atom stereocenters. The van der Waals surface area contributed by atoms with Gasteiger partial charge in [0.25, 0.3) is 0 Å². The fraction of sp³-hybridized carbons (Fsp3) is 0.211. The number of nitrogens with one attached hydrogen (secondary N) is 2. The number of hydrazone groups is 1. The molecule has 0 aliphatic heterocycles. The minimum Gasteiger partial charge on any atom is -0.326 e. The van der Waals surface area contributed by atoms with Gasteiger partial charge < -0.3 is 5.32 Å². The summed E-state index contributed by atoms with van der Waals surface area (Å²) >= 11 is 0. The standard InChI is InChI=1S/C19H21N3O2/c1-14(17-9-6-10-18(13-17)20-15(2)23)21-22-19(24)12-11-16-7-4-3-5-8-16/h3-10,13H,11-12H2,1-2H3,(H,20,23)(H,22,24)/b21-14-. The molecule has 0 saturated heterocycles. The summed E-state index contributed by atoms with van der Waals surface area (Å²) in [4.78, 5) is 23.0. The lowest BCUT2D eigenvalue weighted by molar-refractivity contribution is -0.121. The van der Waals surface area contributed by atoms with E-state index in [1.807, 2.05) is 55.5 Å². The summed E-state index contributed by atoms with van der Waals surface area (Å²) in [5, 5.41) is 6.85. The maximum absolute atomic E-state index is 11.9. The highest BCUT2D eigenvalue weighted by atomic mass is 16.2. The van der Waals surface area contributed by atoms with Gasteiger partial charge >= 0.3 is 0 Å². The molecule has 0 radical (unpaired) electrons. The molecular weight excluding hydrogens is 302 g/mol. The molecule has 0 aliphatic rings. The van der Waals surface area contributed by atoms with E-state index in [1.54, 1.807) is 6.07 Å². The highest BCUT2D eigenvalue weighted by Crippen LogP contribution is 2.11. The summed E-state index contributed by atoms with van der Waals surface area (Å²) < 4.78 is 0. The van der Waals surface area contributed by atoms with E-state index in [4.69, 9.17) is 0 Å². The van der Waals surface area contributed by atoms with Crippen molar-refractivity contribution in [3.8, 4) is 0 Å². The van der Waals surface area contributed by atoms with E-state index in [1.165, 1.54) is 6.92 Å². The van der Waals surface area contributed by atoms with E-state index in [0.717, 1.165) is 11.1 Å². The summed E-state index contributed by atoms with van der Waals surface area (Å²) in [5.74, 6) is -0.257. The third-order valence-electron chi connectivity index (χ3n) is 3.43. The smallest absolute Gasteiger partial charge is 0.240 e. The Hall–Kier alpha value is -2.95. The second-order valence-corrected chi connectivity index (χ2v) is 5.48. The lowest BCUT2D eigenvalue weighted by atomic mass is 10.1. The zero-order valence-corrected chi connectivity index (χ0v) is 13.9. The molecule has 2 amide bonds. The summed E-state index contributed by atoms with van der Waals surface area (Å²) in [5.41, 5.74) is 5.91. The van der Waals surface area contributed by atoms with E-state index in [-0.39, 0.29) is 11.8 Å². The Balaban J connectivity index is 1.91. The third-order valence-corrected chi connectivity index (χ3v) is 3.43. The molecule has 2 aromatic carbocycles. The van der Waals surface area contributed by atoms with E-state index in [2.05, 4.69) is 15.8 Å². The van der Waals surface area contributed by atoms with Gasteiger partial charge in [-0.2, -0.15) is 5.10 Å². The second-order valence-electron chi connectivity index (χ2n) is 5.48. The van der Waals surface area contributed by atoms with Crippen molar-refractivity contribution >= 4 is 23.2 Å². The van der Waals surface area contributed by atoms with Crippen molar-refractivity contribution in [3.05, 3.63) is 65.7 Å². The molecule has 0 aromatic heterocycles. The molecule has 0 aliphatic carbocycles. The molecule has 0 unspecified atom stereocenters. The van der Waals surface area contributed by atoms with E-state index >= 15 is 0 Å². The number of rotatable bonds is 6. The zero-order valence-electron chi connectivity index (χ0n) is 13.9. The first kappa shape index (κ1) is 17.4. The van der Waals surface area contributed by atoms with Crippen molar-refractivity contribution in [1.29, 1.82) is 0 Å². The van der Waals surface area contributed by atoms with Gasteiger partial charge in [-0.25, -0.2) is 5.43 Å². The van der Waals surface area contributed by atoms with Gasteiger partial charge in [0.05, 0.1) is 5.71 Å². The number of hydrogen-bond donors (Lipinski definition) is 2. The minimum atomic E-state index is -0.129. The molecule has 0 saturated carbocycles. The maximum Gasteiger partial charge on any atom is 0.240 e. The highest BCUT2D eigenvalue weighted by Gasteiger charge is 2.04. The fourth-order valence-corrected chi connectivity index (χ4v) is 2.19. The van der Waals surface area contributed by atoms with E-state index in [9.17, 15) is 9.59 Å². The third kappa shape index (κ3) is 5.68. The van der Waals surface area contributed by atoms with Crippen LogP contribution in [0.15, 0.2) is 59.7 Å². The number of carbonyl (C=O) groups excluding carboxylic acids is 2. The van der Waals surface area contributed by atoms with Gasteiger partial charge in [-0.1, -0.05) is 42.5 Å². The van der Waals surface area contributed by atoms with Crippen LogP contribution in [0, 0.1) is 0 Å². The van der Waals surface area contributed by atoms with Crippen LogP contribution >= 0.6 is 0 Å². The zero-order chi connectivity index (χ0) is 17.4. The molecule has 0 fully saturated rings. The number of nitrogens with zero attached hydrogens (tertiary/aromatic N) is 1. The van der Waals surface area contributed by atoms with Gasteiger partial charge in [0.2, 0.25) is 11.8 Å². The molecule has 0 spiro atoms. The summed E-state index contributed by atoms with van der Waals surface area (Å²) in [6.07, 6.45) is 1.06. The molecular formula is C19H21N3O2. The van der Waals surface area contributed by atoms with Crippen molar-refractivity contribution in [2.45, 2.75) is 26.7 Å². The number of benzene rings is 2. The first-order valence-corrected chi connectivity index (χ1v) is 7.79. The molecule has 124 valence electrons. The highest BCUT2D eigenvalue weighted by molar-refractivity contribution is 6.00. The van der Waals surface area contributed by atoms with Crippen LogP contribution < -0.4 is 10.7 Å². The normalized spacial score (nSPS) is 11.0. The van der Waals surface area contributed by atoms with Crippen molar-refractivity contribution < 1.29 is 9.59 Å². The van der Waals surface area contributed by atoms with E-state index in [0.29, 0.717) is 24.2 Å². The summed E-state index contributed by atoms with van der Waals surface area (Å²) in [6.45, 7) is 3.27. The number of anilines is 1. The van der Waals surface area contributed by atoms with Gasteiger partial charge in [0, 0.05) is 19.0 Å². The second kappa shape index (κ2) is 8.62. The van der Waals surface area contributed by atoms with Crippen LogP contribution in [0.25, 0.3) is 0 Å². The van der Waals surface area contributed by atoms with Crippen molar-refractivity contribution in [1.82, 2.24) is 5.43 Å². The lowest BCUT2D eigenvalue weighted by Gasteiger charge is -2.06.